The normalized spacial score (nSPS) is 16.1. The van der Waals surface area contributed by atoms with E-state index in [9.17, 15) is 8.42 Å². The third-order valence-corrected chi connectivity index (χ3v) is 4.62. The number of nitrogen functional groups attached to an aromatic ring is 1. The second-order valence-electron chi connectivity index (χ2n) is 4.72. The van der Waals surface area contributed by atoms with Crippen molar-refractivity contribution >= 4 is 15.8 Å². The molecule has 0 radical (unpaired) electrons. The molecule has 0 aromatic carbocycles. The van der Waals surface area contributed by atoms with E-state index in [0.29, 0.717) is 13.1 Å². The maximum absolute atomic E-state index is 12.0. The quantitative estimate of drug-likeness (QED) is 0.723. The first-order chi connectivity index (χ1) is 8.53. The van der Waals surface area contributed by atoms with Gasteiger partial charge in [0.25, 0.3) is 0 Å². The Labute approximate surface area is 108 Å². The van der Waals surface area contributed by atoms with Gasteiger partial charge in [-0.2, -0.15) is 5.10 Å². The SMILES string of the molecule is CCn1cc(S(=O)(=O)NCCCC2CC2)c(N)n1. The number of hydrogen-bond acceptors (Lipinski definition) is 4. The predicted octanol–water partition coefficient (Wildman–Crippen LogP) is 0.954. The summed E-state index contributed by atoms with van der Waals surface area (Å²) >= 11 is 0. The lowest BCUT2D eigenvalue weighted by Crippen LogP contribution is -2.25. The van der Waals surface area contributed by atoms with Crippen molar-refractivity contribution in [3.05, 3.63) is 6.20 Å². The molecule has 1 fully saturated rings. The molecule has 0 unspecified atom stereocenters. The number of rotatable bonds is 7. The van der Waals surface area contributed by atoms with Crippen LogP contribution in [0.1, 0.15) is 32.6 Å². The first-order valence-corrected chi connectivity index (χ1v) is 7.84. The zero-order chi connectivity index (χ0) is 13.2. The van der Waals surface area contributed by atoms with Gasteiger partial charge in [0.15, 0.2) is 5.82 Å². The Morgan fingerprint density at radius 1 is 1.56 bits per heavy atom. The highest BCUT2D eigenvalue weighted by molar-refractivity contribution is 7.89. The summed E-state index contributed by atoms with van der Waals surface area (Å²) in [5.41, 5.74) is 5.61. The van der Waals surface area contributed by atoms with Crippen LogP contribution in [-0.4, -0.2) is 24.7 Å². The largest absolute Gasteiger partial charge is 0.381 e. The van der Waals surface area contributed by atoms with Gasteiger partial charge < -0.3 is 5.73 Å². The molecule has 0 atom stereocenters. The van der Waals surface area contributed by atoms with Gasteiger partial charge in [0.1, 0.15) is 4.90 Å². The maximum Gasteiger partial charge on any atom is 0.245 e. The average molecular weight is 272 g/mol. The van der Waals surface area contributed by atoms with Crippen LogP contribution in [0, 0.1) is 5.92 Å². The molecule has 6 nitrogen and oxygen atoms in total. The van der Waals surface area contributed by atoms with Crippen LogP contribution in [0.4, 0.5) is 5.82 Å². The Bertz CT molecular complexity index is 505. The lowest BCUT2D eigenvalue weighted by molar-refractivity contribution is 0.572. The van der Waals surface area contributed by atoms with Gasteiger partial charge in [0.05, 0.1) is 0 Å². The van der Waals surface area contributed by atoms with Crippen LogP contribution in [0.15, 0.2) is 11.1 Å². The van der Waals surface area contributed by atoms with Crippen LogP contribution in [-0.2, 0) is 16.6 Å². The highest BCUT2D eigenvalue weighted by Crippen LogP contribution is 2.33. The van der Waals surface area contributed by atoms with Gasteiger partial charge in [-0.25, -0.2) is 13.1 Å². The Morgan fingerprint density at radius 2 is 2.28 bits per heavy atom. The lowest BCUT2D eigenvalue weighted by atomic mass is 10.2. The highest BCUT2D eigenvalue weighted by atomic mass is 32.2. The molecule has 0 aliphatic heterocycles. The number of nitrogens with one attached hydrogen (secondary N) is 1. The van der Waals surface area contributed by atoms with Crippen LogP contribution in [0.5, 0.6) is 0 Å². The van der Waals surface area contributed by atoms with Gasteiger partial charge >= 0.3 is 0 Å². The third kappa shape index (κ3) is 3.23. The van der Waals surface area contributed by atoms with Crippen molar-refractivity contribution in [1.82, 2.24) is 14.5 Å². The molecule has 18 heavy (non-hydrogen) atoms. The van der Waals surface area contributed by atoms with Crippen LogP contribution >= 0.6 is 0 Å². The van der Waals surface area contributed by atoms with E-state index in [1.54, 1.807) is 0 Å². The van der Waals surface area contributed by atoms with Crippen molar-refractivity contribution in [3.63, 3.8) is 0 Å². The first-order valence-electron chi connectivity index (χ1n) is 6.35. The number of sulfonamides is 1. The van der Waals surface area contributed by atoms with Crippen LogP contribution in [0.2, 0.25) is 0 Å². The Morgan fingerprint density at radius 3 is 2.83 bits per heavy atom. The fraction of sp³-hybridized carbons (Fsp3) is 0.727. The second kappa shape index (κ2) is 5.27. The van der Waals surface area contributed by atoms with Gasteiger partial charge in [0, 0.05) is 19.3 Å². The summed E-state index contributed by atoms with van der Waals surface area (Å²) in [6, 6.07) is 0. The van der Waals surface area contributed by atoms with E-state index in [1.807, 2.05) is 6.92 Å². The monoisotopic (exact) mass is 272 g/mol. The number of aryl methyl sites for hydroxylation is 1. The van der Waals surface area contributed by atoms with E-state index in [4.69, 9.17) is 5.73 Å². The minimum absolute atomic E-state index is 0.0616. The maximum atomic E-state index is 12.0. The Balaban J connectivity index is 1.93. The molecule has 1 aliphatic carbocycles. The van der Waals surface area contributed by atoms with Crippen molar-refractivity contribution in [1.29, 1.82) is 0 Å². The van der Waals surface area contributed by atoms with Gasteiger partial charge in [-0.3, -0.25) is 4.68 Å². The number of anilines is 1. The van der Waals surface area contributed by atoms with Crippen molar-refractivity contribution in [2.24, 2.45) is 5.92 Å². The molecule has 7 heteroatoms. The summed E-state index contributed by atoms with van der Waals surface area (Å²) in [5, 5.41) is 3.94. The molecule has 102 valence electrons. The fourth-order valence-corrected chi connectivity index (χ4v) is 3.01. The standard InChI is InChI=1S/C11H20N4O2S/c1-2-15-8-10(11(12)14-15)18(16,17)13-7-3-4-9-5-6-9/h8-9,13H,2-7H2,1H3,(H2,12,14). The summed E-state index contributed by atoms with van der Waals surface area (Å²) in [5.74, 6) is 0.883. The van der Waals surface area contributed by atoms with Crippen molar-refractivity contribution in [2.45, 2.75) is 44.0 Å². The molecule has 1 heterocycles. The van der Waals surface area contributed by atoms with Crippen molar-refractivity contribution in [3.8, 4) is 0 Å². The number of aromatic nitrogens is 2. The molecule has 1 saturated carbocycles. The molecule has 1 aromatic heterocycles. The minimum Gasteiger partial charge on any atom is -0.381 e. The van der Waals surface area contributed by atoms with Crippen LogP contribution in [0.3, 0.4) is 0 Å². The minimum atomic E-state index is -3.52. The van der Waals surface area contributed by atoms with E-state index in [-0.39, 0.29) is 10.7 Å². The summed E-state index contributed by atoms with van der Waals surface area (Å²) in [7, 11) is -3.52. The second-order valence-corrected chi connectivity index (χ2v) is 6.45. The van der Waals surface area contributed by atoms with E-state index < -0.39 is 10.0 Å². The van der Waals surface area contributed by atoms with Crippen molar-refractivity contribution < 1.29 is 8.42 Å². The molecule has 3 N–H and O–H groups in total. The molecule has 1 aliphatic rings. The van der Waals surface area contributed by atoms with Crippen LogP contribution < -0.4 is 10.5 Å². The Hall–Kier alpha value is -1.08. The van der Waals surface area contributed by atoms with Crippen molar-refractivity contribution in [2.75, 3.05) is 12.3 Å². The Kier molecular flexibility index (Phi) is 3.91. The molecule has 0 saturated heterocycles. The molecule has 0 spiro atoms. The molecule has 1 aromatic rings. The smallest absolute Gasteiger partial charge is 0.245 e. The first kappa shape index (κ1) is 13.4. The van der Waals surface area contributed by atoms with Crippen LogP contribution in [0.25, 0.3) is 0 Å². The molecule has 0 amide bonds. The summed E-state index contributed by atoms with van der Waals surface area (Å²) < 4.78 is 28.1. The molecular formula is C11H20N4O2S. The van der Waals surface area contributed by atoms with E-state index in [0.717, 1.165) is 18.8 Å². The molecule has 0 bridgehead atoms. The van der Waals surface area contributed by atoms with Gasteiger partial charge in [-0.1, -0.05) is 12.8 Å². The summed E-state index contributed by atoms with van der Waals surface area (Å²) in [4.78, 5) is 0.0794. The molecular weight excluding hydrogens is 252 g/mol. The number of hydrogen-bond donors (Lipinski definition) is 2. The highest BCUT2D eigenvalue weighted by Gasteiger charge is 2.22. The third-order valence-electron chi connectivity index (χ3n) is 3.15. The average Bonchev–Trinajstić information content (AvgIpc) is 3.06. The topological polar surface area (TPSA) is 90.0 Å². The van der Waals surface area contributed by atoms with Gasteiger partial charge in [0.2, 0.25) is 10.0 Å². The molecule has 2 rings (SSSR count). The zero-order valence-electron chi connectivity index (χ0n) is 10.6. The number of nitrogens with two attached hydrogens (primary N) is 1. The number of nitrogens with zero attached hydrogens (tertiary/aromatic N) is 2. The van der Waals surface area contributed by atoms with E-state index >= 15 is 0 Å². The van der Waals surface area contributed by atoms with E-state index in [2.05, 4.69) is 9.82 Å². The van der Waals surface area contributed by atoms with Gasteiger partial charge in [-0.05, 0) is 25.7 Å². The van der Waals surface area contributed by atoms with Gasteiger partial charge in [-0.15, -0.1) is 0 Å². The van der Waals surface area contributed by atoms with E-state index in [1.165, 1.54) is 23.7 Å². The summed E-state index contributed by atoms with van der Waals surface area (Å²) in [6.45, 7) is 2.95. The predicted molar refractivity (Wildman–Crippen MR) is 69.5 cm³/mol. The summed E-state index contributed by atoms with van der Waals surface area (Å²) in [6.07, 6.45) is 6.04. The lowest BCUT2D eigenvalue weighted by Gasteiger charge is -2.04. The zero-order valence-corrected chi connectivity index (χ0v) is 11.4. The fourth-order valence-electron chi connectivity index (χ4n) is 1.87.